The molecular formula is C18H26N2O4. The van der Waals surface area contributed by atoms with E-state index in [1.165, 1.54) is 6.92 Å². The van der Waals surface area contributed by atoms with Gasteiger partial charge in [-0.15, -0.1) is 0 Å². The van der Waals surface area contributed by atoms with E-state index in [1.54, 1.807) is 31.2 Å². The van der Waals surface area contributed by atoms with Crippen molar-refractivity contribution in [3.63, 3.8) is 0 Å². The minimum absolute atomic E-state index is 0.0650. The van der Waals surface area contributed by atoms with Crippen molar-refractivity contribution < 1.29 is 19.5 Å². The number of nitrogens with one attached hydrogen (secondary N) is 2. The highest BCUT2D eigenvalue weighted by Crippen LogP contribution is 2.25. The van der Waals surface area contributed by atoms with Gasteiger partial charge in [-0.3, -0.25) is 9.59 Å². The maximum atomic E-state index is 12.2. The number of carbonyl (C=O) groups excluding carboxylic acids is 2. The summed E-state index contributed by atoms with van der Waals surface area (Å²) in [5, 5.41) is 15.1. The average Bonchev–Trinajstić information content (AvgIpc) is 2.56. The topological polar surface area (TPSA) is 95.5 Å². The number of amides is 2. The van der Waals surface area contributed by atoms with E-state index in [0.717, 1.165) is 12.8 Å². The highest BCUT2D eigenvalue weighted by Gasteiger charge is 2.39. The van der Waals surface area contributed by atoms with Gasteiger partial charge in [0.2, 0.25) is 11.8 Å². The molecule has 0 saturated heterocycles. The fourth-order valence-corrected chi connectivity index (χ4v) is 2.57. The highest BCUT2D eigenvalue weighted by atomic mass is 16.4. The summed E-state index contributed by atoms with van der Waals surface area (Å²) < 4.78 is 0. The standard InChI is InChI=1S/C18H26N2O4/c1-3-18(17(23)24,15-10-6-4-7-11-15)20-16(22)12-8-5-9-13-19-14(2)21/h4,6-7,10-11H,3,5,8-9,12-13H2,1-2H3,(H,19,21)(H,20,22)(H,23,24). The third-order valence-corrected chi connectivity index (χ3v) is 3.97. The number of carbonyl (C=O) groups is 3. The molecule has 2 amide bonds. The normalized spacial score (nSPS) is 12.9. The molecule has 0 heterocycles. The highest BCUT2D eigenvalue weighted by molar-refractivity contribution is 5.88. The fraction of sp³-hybridized carbons (Fsp3) is 0.500. The van der Waals surface area contributed by atoms with Crippen LogP contribution in [0, 0.1) is 0 Å². The van der Waals surface area contributed by atoms with Crippen LogP contribution >= 0.6 is 0 Å². The van der Waals surface area contributed by atoms with Gasteiger partial charge in [0.05, 0.1) is 0 Å². The Balaban J connectivity index is 2.57. The number of aliphatic carboxylic acids is 1. The first-order chi connectivity index (χ1) is 11.4. The van der Waals surface area contributed by atoms with Gasteiger partial charge < -0.3 is 15.7 Å². The van der Waals surface area contributed by atoms with Crippen LogP contribution in [0.2, 0.25) is 0 Å². The minimum Gasteiger partial charge on any atom is -0.479 e. The second kappa shape index (κ2) is 9.70. The predicted octanol–water partition coefficient (Wildman–Crippen LogP) is 2.19. The molecule has 132 valence electrons. The smallest absolute Gasteiger partial charge is 0.334 e. The monoisotopic (exact) mass is 334 g/mol. The molecule has 6 heteroatoms. The van der Waals surface area contributed by atoms with Gasteiger partial charge in [-0.05, 0) is 24.8 Å². The summed E-state index contributed by atoms with van der Waals surface area (Å²) >= 11 is 0. The van der Waals surface area contributed by atoms with Crippen LogP contribution in [0.5, 0.6) is 0 Å². The molecule has 1 rings (SSSR count). The van der Waals surface area contributed by atoms with Gasteiger partial charge in [-0.2, -0.15) is 0 Å². The Morgan fingerprint density at radius 1 is 1.08 bits per heavy atom. The molecule has 0 bridgehead atoms. The summed E-state index contributed by atoms with van der Waals surface area (Å²) in [7, 11) is 0. The SMILES string of the molecule is CCC(NC(=O)CCCCCNC(C)=O)(C(=O)O)c1ccccc1. The lowest BCUT2D eigenvalue weighted by molar-refractivity contribution is -0.148. The van der Waals surface area contributed by atoms with Crippen molar-refractivity contribution in [2.24, 2.45) is 0 Å². The molecule has 1 atom stereocenters. The maximum Gasteiger partial charge on any atom is 0.334 e. The lowest BCUT2D eigenvalue weighted by atomic mass is 9.87. The first-order valence-corrected chi connectivity index (χ1v) is 8.26. The van der Waals surface area contributed by atoms with Crippen LogP contribution < -0.4 is 10.6 Å². The van der Waals surface area contributed by atoms with E-state index < -0.39 is 11.5 Å². The molecule has 24 heavy (non-hydrogen) atoms. The van der Waals surface area contributed by atoms with Crippen LogP contribution in [-0.2, 0) is 19.9 Å². The van der Waals surface area contributed by atoms with E-state index >= 15 is 0 Å². The Morgan fingerprint density at radius 2 is 1.75 bits per heavy atom. The van der Waals surface area contributed by atoms with Gasteiger partial charge in [-0.25, -0.2) is 4.79 Å². The van der Waals surface area contributed by atoms with Crippen LogP contribution in [0.25, 0.3) is 0 Å². The largest absolute Gasteiger partial charge is 0.479 e. The summed E-state index contributed by atoms with van der Waals surface area (Å²) in [6, 6.07) is 8.76. The van der Waals surface area contributed by atoms with Crippen LogP contribution in [0.4, 0.5) is 0 Å². The van der Waals surface area contributed by atoms with Crippen LogP contribution in [0.15, 0.2) is 30.3 Å². The Labute approximate surface area is 142 Å². The first-order valence-electron chi connectivity index (χ1n) is 8.26. The van der Waals surface area contributed by atoms with Crippen molar-refractivity contribution in [1.82, 2.24) is 10.6 Å². The number of hydrogen-bond donors (Lipinski definition) is 3. The average molecular weight is 334 g/mol. The molecule has 1 unspecified atom stereocenters. The molecule has 0 aliphatic rings. The van der Waals surface area contributed by atoms with Gasteiger partial charge in [0, 0.05) is 19.9 Å². The van der Waals surface area contributed by atoms with E-state index in [-0.39, 0.29) is 24.7 Å². The number of benzene rings is 1. The molecule has 1 aromatic carbocycles. The Kier molecular flexibility index (Phi) is 7.95. The molecule has 0 radical (unpaired) electrons. The van der Waals surface area contributed by atoms with E-state index in [9.17, 15) is 19.5 Å². The number of rotatable bonds is 10. The zero-order chi connectivity index (χ0) is 18.0. The minimum atomic E-state index is -1.39. The molecule has 3 N–H and O–H groups in total. The zero-order valence-electron chi connectivity index (χ0n) is 14.3. The predicted molar refractivity (Wildman–Crippen MR) is 91.3 cm³/mol. The third-order valence-electron chi connectivity index (χ3n) is 3.97. The van der Waals surface area contributed by atoms with Crippen LogP contribution in [0.3, 0.4) is 0 Å². The van der Waals surface area contributed by atoms with Gasteiger partial charge in [-0.1, -0.05) is 43.7 Å². The van der Waals surface area contributed by atoms with Gasteiger partial charge >= 0.3 is 5.97 Å². The van der Waals surface area contributed by atoms with Crippen molar-refractivity contribution in [2.75, 3.05) is 6.54 Å². The maximum absolute atomic E-state index is 12.2. The molecule has 0 aliphatic carbocycles. The fourth-order valence-electron chi connectivity index (χ4n) is 2.57. The molecule has 0 aliphatic heterocycles. The molecular weight excluding hydrogens is 308 g/mol. The second-order valence-corrected chi connectivity index (χ2v) is 5.77. The zero-order valence-corrected chi connectivity index (χ0v) is 14.3. The quantitative estimate of drug-likeness (QED) is 0.572. The van der Waals surface area contributed by atoms with Crippen molar-refractivity contribution in [3.8, 4) is 0 Å². The van der Waals surface area contributed by atoms with Crippen LogP contribution in [0.1, 0.15) is 51.5 Å². The van der Waals surface area contributed by atoms with Crippen molar-refractivity contribution in [3.05, 3.63) is 35.9 Å². The first kappa shape index (κ1) is 19.7. The number of hydrogen-bond acceptors (Lipinski definition) is 3. The molecule has 0 saturated carbocycles. The summed E-state index contributed by atoms with van der Waals surface area (Å²) in [6.45, 7) is 3.80. The van der Waals surface area contributed by atoms with E-state index in [0.29, 0.717) is 18.5 Å². The van der Waals surface area contributed by atoms with E-state index in [2.05, 4.69) is 10.6 Å². The molecule has 6 nitrogen and oxygen atoms in total. The molecule has 0 spiro atoms. The van der Waals surface area contributed by atoms with Crippen molar-refractivity contribution in [2.45, 2.75) is 51.5 Å². The Hall–Kier alpha value is -2.37. The second-order valence-electron chi connectivity index (χ2n) is 5.77. The van der Waals surface area contributed by atoms with Crippen molar-refractivity contribution >= 4 is 17.8 Å². The Morgan fingerprint density at radius 3 is 2.29 bits per heavy atom. The lowest BCUT2D eigenvalue weighted by Gasteiger charge is -2.30. The molecule has 1 aromatic rings. The summed E-state index contributed by atoms with van der Waals surface area (Å²) in [4.78, 5) is 34.7. The van der Waals surface area contributed by atoms with Gasteiger partial charge in [0.1, 0.15) is 0 Å². The van der Waals surface area contributed by atoms with Crippen molar-refractivity contribution in [1.29, 1.82) is 0 Å². The van der Waals surface area contributed by atoms with Gasteiger partial charge in [0.15, 0.2) is 5.54 Å². The summed E-state index contributed by atoms with van der Waals surface area (Å²) in [6.07, 6.45) is 2.77. The van der Waals surface area contributed by atoms with Gasteiger partial charge in [0.25, 0.3) is 0 Å². The molecule has 0 aromatic heterocycles. The number of carboxylic acids is 1. The summed E-state index contributed by atoms with van der Waals surface area (Å²) in [5.74, 6) is -1.40. The Bertz CT molecular complexity index is 559. The third kappa shape index (κ3) is 5.68. The summed E-state index contributed by atoms with van der Waals surface area (Å²) in [5.41, 5.74) is -0.826. The molecule has 0 fully saturated rings. The number of carboxylic acid groups (broad SMARTS) is 1. The van der Waals surface area contributed by atoms with E-state index in [1.807, 2.05) is 6.07 Å². The van der Waals surface area contributed by atoms with E-state index in [4.69, 9.17) is 0 Å². The lowest BCUT2D eigenvalue weighted by Crippen LogP contribution is -2.51. The number of unbranched alkanes of at least 4 members (excludes halogenated alkanes) is 2. The van der Waals surface area contributed by atoms with Crippen LogP contribution in [-0.4, -0.2) is 29.4 Å².